The van der Waals surface area contributed by atoms with Crippen LogP contribution in [0.3, 0.4) is 0 Å². The first-order valence-electron chi connectivity index (χ1n) is 9.54. The molecule has 4 aromatic rings. The Balaban J connectivity index is 1.40. The Bertz CT molecular complexity index is 1220. The second-order valence-electron chi connectivity index (χ2n) is 6.79. The summed E-state index contributed by atoms with van der Waals surface area (Å²) >= 11 is 4.64. The van der Waals surface area contributed by atoms with Crippen molar-refractivity contribution in [2.45, 2.75) is 23.9 Å². The standard InChI is InChI=1S/C22H20BrN5O2S/c1-14(21(29)25-19-11-4-7-15-6-2-3-10-18(15)19)31-22-27-26-20(28(22)24)13-30-17-9-5-8-16(23)12-17/h2-12,14H,13,24H2,1H3,(H,25,29)/t14-/m0/s1. The Morgan fingerprint density at radius 1 is 1.16 bits per heavy atom. The maximum atomic E-state index is 12.8. The van der Waals surface area contributed by atoms with Crippen molar-refractivity contribution in [3.63, 3.8) is 0 Å². The van der Waals surface area contributed by atoms with E-state index in [1.165, 1.54) is 16.4 Å². The predicted molar refractivity (Wildman–Crippen MR) is 127 cm³/mol. The van der Waals surface area contributed by atoms with Crippen molar-refractivity contribution in [1.29, 1.82) is 0 Å². The van der Waals surface area contributed by atoms with Crippen LogP contribution >= 0.6 is 27.7 Å². The Labute approximate surface area is 192 Å². The van der Waals surface area contributed by atoms with Gasteiger partial charge in [0.15, 0.2) is 5.82 Å². The lowest BCUT2D eigenvalue weighted by Gasteiger charge is -2.13. The van der Waals surface area contributed by atoms with Crippen LogP contribution in [0.2, 0.25) is 0 Å². The van der Waals surface area contributed by atoms with Crippen molar-refractivity contribution in [1.82, 2.24) is 14.9 Å². The molecule has 3 N–H and O–H groups in total. The Morgan fingerprint density at radius 2 is 1.94 bits per heavy atom. The second kappa shape index (κ2) is 9.40. The number of amides is 1. The first-order chi connectivity index (χ1) is 15.0. The van der Waals surface area contributed by atoms with Crippen LogP contribution in [0, 0.1) is 0 Å². The van der Waals surface area contributed by atoms with E-state index in [1.807, 2.05) is 66.7 Å². The van der Waals surface area contributed by atoms with Crippen molar-refractivity contribution in [2.75, 3.05) is 11.2 Å². The summed E-state index contributed by atoms with van der Waals surface area (Å²) < 4.78 is 7.99. The minimum atomic E-state index is -0.427. The number of fused-ring (bicyclic) bond motifs is 1. The zero-order valence-electron chi connectivity index (χ0n) is 16.7. The first kappa shape index (κ1) is 21.2. The van der Waals surface area contributed by atoms with Gasteiger partial charge in [-0.05, 0) is 36.6 Å². The van der Waals surface area contributed by atoms with Gasteiger partial charge in [-0.3, -0.25) is 4.79 Å². The lowest BCUT2D eigenvalue weighted by Crippen LogP contribution is -2.24. The summed E-state index contributed by atoms with van der Waals surface area (Å²) in [5.41, 5.74) is 0.771. The van der Waals surface area contributed by atoms with Crippen molar-refractivity contribution < 1.29 is 9.53 Å². The van der Waals surface area contributed by atoms with E-state index in [0.29, 0.717) is 16.7 Å². The number of thioether (sulfide) groups is 1. The van der Waals surface area contributed by atoms with E-state index in [-0.39, 0.29) is 12.5 Å². The molecule has 4 rings (SSSR count). The molecule has 1 heterocycles. The van der Waals surface area contributed by atoms with Crippen LogP contribution in [0.4, 0.5) is 5.69 Å². The van der Waals surface area contributed by atoms with E-state index in [0.717, 1.165) is 20.9 Å². The smallest absolute Gasteiger partial charge is 0.237 e. The van der Waals surface area contributed by atoms with Gasteiger partial charge >= 0.3 is 0 Å². The number of aromatic nitrogens is 3. The molecule has 0 unspecified atom stereocenters. The monoisotopic (exact) mass is 497 g/mol. The maximum absolute atomic E-state index is 12.8. The minimum Gasteiger partial charge on any atom is -0.485 e. The van der Waals surface area contributed by atoms with Gasteiger partial charge in [0.1, 0.15) is 12.4 Å². The highest BCUT2D eigenvalue weighted by Gasteiger charge is 2.20. The molecular formula is C22H20BrN5O2S. The molecule has 1 atom stereocenters. The number of benzene rings is 3. The molecule has 7 nitrogen and oxygen atoms in total. The molecule has 158 valence electrons. The third-order valence-electron chi connectivity index (χ3n) is 4.60. The van der Waals surface area contributed by atoms with Crippen molar-refractivity contribution in [3.05, 3.63) is 77.0 Å². The fraction of sp³-hybridized carbons (Fsp3) is 0.136. The van der Waals surface area contributed by atoms with Crippen LogP contribution in [0.1, 0.15) is 12.7 Å². The van der Waals surface area contributed by atoms with Gasteiger partial charge in [-0.2, -0.15) is 0 Å². The highest BCUT2D eigenvalue weighted by molar-refractivity contribution is 9.10. The van der Waals surface area contributed by atoms with Crippen molar-refractivity contribution in [2.24, 2.45) is 0 Å². The van der Waals surface area contributed by atoms with Gasteiger partial charge in [0.25, 0.3) is 0 Å². The molecule has 31 heavy (non-hydrogen) atoms. The molecule has 0 aliphatic rings. The summed E-state index contributed by atoms with van der Waals surface area (Å²) in [6, 6.07) is 21.2. The van der Waals surface area contributed by atoms with Gasteiger partial charge in [-0.15, -0.1) is 10.2 Å². The van der Waals surface area contributed by atoms with Gasteiger partial charge in [-0.1, -0.05) is 70.2 Å². The molecular weight excluding hydrogens is 478 g/mol. The molecule has 0 aliphatic heterocycles. The van der Waals surface area contributed by atoms with E-state index in [4.69, 9.17) is 10.6 Å². The highest BCUT2D eigenvalue weighted by atomic mass is 79.9. The van der Waals surface area contributed by atoms with E-state index in [1.54, 1.807) is 6.92 Å². The topological polar surface area (TPSA) is 95.1 Å². The van der Waals surface area contributed by atoms with Crippen LogP contribution in [-0.4, -0.2) is 26.0 Å². The largest absolute Gasteiger partial charge is 0.485 e. The fourth-order valence-corrected chi connectivity index (χ4v) is 4.14. The van der Waals surface area contributed by atoms with Crippen LogP contribution in [0.15, 0.2) is 76.4 Å². The lowest BCUT2D eigenvalue weighted by atomic mass is 10.1. The second-order valence-corrected chi connectivity index (χ2v) is 9.01. The molecule has 1 aromatic heterocycles. The summed E-state index contributed by atoms with van der Waals surface area (Å²) in [6.07, 6.45) is 0. The van der Waals surface area contributed by atoms with Gasteiger partial charge in [0.2, 0.25) is 11.1 Å². The fourth-order valence-electron chi connectivity index (χ4n) is 2.97. The number of hydrogen-bond acceptors (Lipinski definition) is 6. The number of halogens is 1. The summed E-state index contributed by atoms with van der Waals surface area (Å²) in [4.78, 5) is 12.8. The van der Waals surface area contributed by atoms with Crippen LogP contribution in [0.5, 0.6) is 5.75 Å². The number of rotatable bonds is 7. The van der Waals surface area contributed by atoms with E-state index < -0.39 is 5.25 Å². The zero-order valence-corrected chi connectivity index (χ0v) is 19.1. The summed E-state index contributed by atoms with van der Waals surface area (Å²) in [6.45, 7) is 1.97. The molecule has 0 saturated carbocycles. The van der Waals surface area contributed by atoms with Crippen LogP contribution in [-0.2, 0) is 11.4 Å². The normalized spacial score (nSPS) is 11.9. The van der Waals surface area contributed by atoms with Gasteiger partial charge in [0.05, 0.1) is 5.25 Å². The third-order valence-corrected chi connectivity index (χ3v) is 6.15. The number of ether oxygens (including phenoxy) is 1. The molecule has 0 fully saturated rings. The van der Waals surface area contributed by atoms with Gasteiger partial charge in [0, 0.05) is 15.5 Å². The SMILES string of the molecule is C[C@H](Sc1nnc(COc2cccc(Br)c2)n1N)C(=O)Nc1cccc2ccccc12. The minimum absolute atomic E-state index is 0.142. The van der Waals surface area contributed by atoms with E-state index in [2.05, 4.69) is 31.4 Å². The number of hydrogen-bond donors (Lipinski definition) is 2. The Morgan fingerprint density at radius 3 is 2.77 bits per heavy atom. The molecule has 0 saturated heterocycles. The average molecular weight is 498 g/mol. The number of anilines is 1. The highest BCUT2D eigenvalue weighted by Crippen LogP contribution is 2.26. The van der Waals surface area contributed by atoms with E-state index >= 15 is 0 Å². The summed E-state index contributed by atoms with van der Waals surface area (Å²) in [7, 11) is 0. The molecule has 9 heteroatoms. The Kier molecular flexibility index (Phi) is 6.43. The third kappa shape index (κ3) is 5.00. The zero-order chi connectivity index (χ0) is 21.8. The van der Waals surface area contributed by atoms with Gasteiger partial charge in [-0.25, -0.2) is 4.68 Å². The van der Waals surface area contributed by atoms with Crippen LogP contribution in [0.25, 0.3) is 10.8 Å². The Hall–Kier alpha value is -3.04. The summed E-state index contributed by atoms with van der Waals surface area (Å²) in [5.74, 6) is 7.13. The number of carbonyl (C=O) groups is 1. The molecule has 0 radical (unpaired) electrons. The van der Waals surface area contributed by atoms with Crippen molar-refractivity contribution in [3.8, 4) is 5.75 Å². The maximum Gasteiger partial charge on any atom is 0.237 e. The average Bonchev–Trinajstić information content (AvgIpc) is 3.11. The molecule has 0 aliphatic carbocycles. The number of carbonyl (C=O) groups excluding carboxylic acids is 1. The van der Waals surface area contributed by atoms with Gasteiger partial charge < -0.3 is 15.9 Å². The lowest BCUT2D eigenvalue weighted by molar-refractivity contribution is -0.115. The van der Waals surface area contributed by atoms with Crippen molar-refractivity contribution >= 4 is 50.1 Å². The quantitative estimate of drug-likeness (QED) is 0.286. The predicted octanol–water partition coefficient (Wildman–Crippen LogP) is 4.61. The number of nitrogens with zero attached hydrogens (tertiary/aromatic N) is 3. The first-order valence-corrected chi connectivity index (χ1v) is 11.2. The summed E-state index contributed by atoms with van der Waals surface area (Å²) in [5, 5.41) is 13.3. The molecule has 3 aromatic carbocycles. The molecule has 0 spiro atoms. The molecule has 0 bridgehead atoms. The number of nitrogen functional groups attached to an aromatic ring is 1. The molecule has 1 amide bonds. The van der Waals surface area contributed by atoms with E-state index in [9.17, 15) is 4.79 Å². The number of nitrogens with one attached hydrogen (secondary N) is 1. The number of nitrogens with two attached hydrogens (primary N) is 1. The van der Waals surface area contributed by atoms with Crippen LogP contribution < -0.4 is 15.9 Å².